The van der Waals surface area contributed by atoms with Gasteiger partial charge in [-0.2, -0.15) is 0 Å². The molecule has 162 valence electrons. The van der Waals surface area contributed by atoms with Gasteiger partial charge in [0.2, 0.25) is 5.91 Å². The summed E-state index contributed by atoms with van der Waals surface area (Å²) in [5, 5.41) is 12.4. The summed E-state index contributed by atoms with van der Waals surface area (Å²) in [4.78, 5) is 12.2. The Bertz CT molecular complexity index is 1040. The lowest BCUT2D eigenvalue weighted by atomic mass is 10.2. The lowest BCUT2D eigenvalue weighted by Gasteiger charge is -2.12. The summed E-state index contributed by atoms with van der Waals surface area (Å²) in [5.41, 5.74) is 1.80. The highest BCUT2D eigenvalue weighted by Crippen LogP contribution is 2.35. The van der Waals surface area contributed by atoms with Crippen molar-refractivity contribution >= 4 is 17.7 Å². The predicted octanol–water partition coefficient (Wildman–Crippen LogP) is 3.96. The van der Waals surface area contributed by atoms with E-state index in [0.29, 0.717) is 42.4 Å². The van der Waals surface area contributed by atoms with Gasteiger partial charge in [0.05, 0.1) is 19.0 Å². The van der Waals surface area contributed by atoms with Crippen LogP contribution in [0.15, 0.2) is 53.7 Å². The quantitative estimate of drug-likeness (QED) is 0.563. The SMILES string of the molecule is CC(C)CNC(=O)CSc1nnc(-c2ccc3c(c2)OCCCO3)n1-c1ccccc1. The van der Waals surface area contributed by atoms with Gasteiger partial charge in [-0.15, -0.1) is 10.2 Å². The van der Waals surface area contributed by atoms with Gasteiger partial charge in [0.15, 0.2) is 22.5 Å². The van der Waals surface area contributed by atoms with Crippen LogP contribution in [0.25, 0.3) is 17.1 Å². The van der Waals surface area contributed by atoms with Crippen molar-refractivity contribution in [3.05, 3.63) is 48.5 Å². The normalized spacial score (nSPS) is 13.1. The average Bonchev–Trinajstić information content (AvgIpc) is 3.06. The molecule has 8 heteroatoms. The van der Waals surface area contributed by atoms with Crippen molar-refractivity contribution in [1.29, 1.82) is 0 Å². The second-order valence-electron chi connectivity index (χ2n) is 7.68. The molecule has 1 aliphatic heterocycles. The molecule has 31 heavy (non-hydrogen) atoms. The fourth-order valence-electron chi connectivity index (χ4n) is 3.16. The van der Waals surface area contributed by atoms with E-state index < -0.39 is 0 Å². The predicted molar refractivity (Wildman–Crippen MR) is 121 cm³/mol. The van der Waals surface area contributed by atoms with Crippen LogP contribution in [0, 0.1) is 5.92 Å². The van der Waals surface area contributed by atoms with Gasteiger partial charge in [-0.1, -0.05) is 43.8 Å². The number of nitrogens with zero attached hydrogens (tertiary/aromatic N) is 3. The molecular formula is C23H26N4O3S. The zero-order valence-electron chi connectivity index (χ0n) is 17.7. The molecule has 7 nitrogen and oxygen atoms in total. The molecule has 0 radical (unpaired) electrons. The fourth-order valence-corrected chi connectivity index (χ4v) is 3.94. The van der Waals surface area contributed by atoms with Gasteiger partial charge in [0.25, 0.3) is 0 Å². The molecule has 0 bridgehead atoms. The number of ether oxygens (including phenoxy) is 2. The van der Waals surface area contributed by atoms with Gasteiger partial charge in [-0.3, -0.25) is 9.36 Å². The summed E-state index contributed by atoms with van der Waals surface area (Å²) in [6.07, 6.45) is 0.851. The first-order chi connectivity index (χ1) is 15.1. The van der Waals surface area contributed by atoms with E-state index >= 15 is 0 Å². The standard InChI is InChI=1S/C23H26N4O3S/c1-16(2)14-24-21(28)15-31-23-26-25-22(27(23)18-7-4-3-5-8-18)17-9-10-19-20(13-17)30-12-6-11-29-19/h3-5,7-10,13,16H,6,11-12,14-15H2,1-2H3,(H,24,28). The Balaban J connectivity index is 1.64. The van der Waals surface area contributed by atoms with E-state index in [1.165, 1.54) is 11.8 Å². The summed E-state index contributed by atoms with van der Waals surface area (Å²) >= 11 is 1.37. The maximum atomic E-state index is 12.2. The maximum Gasteiger partial charge on any atom is 0.230 e. The molecule has 0 atom stereocenters. The van der Waals surface area contributed by atoms with E-state index in [-0.39, 0.29) is 11.7 Å². The van der Waals surface area contributed by atoms with E-state index in [9.17, 15) is 4.79 Å². The van der Waals surface area contributed by atoms with Crippen molar-refractivity contribution in [2.45, 2.75) is 25.4 Å². The molecule has 0 fully saturated rings. The van der Waals surface area contributed by atoms with Crippen molar-refractivity contribution < 1.29 is 14.3 Å². The zero-order valence-corrected chi connectivity index (χ0v) is 18.5. The third-order valence-corrected chi connectivity index (χ3v) is 5.62. The van der Waals surface area contributed by atoms with Gasteiger partial charge in [0, 0.05) is 24.2 Å². The van der Waals surface area contributed by atoms with Crippen LogP contribution in [0.3, 0.4) is 0 Å². The van der Waals surface area contributed by atoms with Gasteiger partial charge in [-0.05, 0) is 36.2 Å². The first-order valence-electron chi connectivity index (χ1n) is 10.4. The minimum Gasteiger partial charge on any atom is -0.490 e. The molecule has 1 aliphatic rings. The Kier molecular flexibility index (Phi) is 6.76. The van der Waals surface area contributed by atoms with Crippen LogP contribution in [-0.4, -0.2) is 46.2 Å². The third-order valence-electron chi connectivity index (χ3n) is 4.69. The highest BCUT2D eigenvalue weighted by Gasteiger charge is 2.19. The molecule has 2 heterocycles. The Hall–Kier alpha value is -3.00. The number of fused-ring (bicyclic) bond motifs is 1. The minimum atomic E-state index is -0.0153. The van der Waals surface area contributed by atoms with Crippen molar-refractivity contribution in [3.8, 4) is 28.6 Å². The van der Waals surface area contributed by atoms with Crippen LogP contribution in [-0.2, 0) is 4.79 Å². The molecule has 0 unspecified atom stereocenters. The largest absolute Gasteiger partial charge is 0.490 e. The van der Waals surface area contributed by atoms with Gasteiger partial charge >= 0.3 is 0 Å². The molecule has 0 aliphatic carbocycles. The topological polar surface area (TPSA) is 78.3 Å². The molecule has 3 aromatic rings. The Morgan fingerprint density at radius 2 is 1.87 bits per heavy atom. The molecule has 1 N–H and O–H groups in total. The van der Waals surface area contributed by atoms with Gasteiger partial charge in [0.1, 0.15) is 0 Å². The lowest BCUT2D eigenvalue weighted by Crippen LogP contribution is -2.28. The smallest absolute Gasteiger partial charge is 0.230 e. The van der Waals surface area contributed by atoms with Crippen molar-refractivity contribution in [2.75, 3.05) is 25.5 Å². The number of thioether (sulfide) groups is 1. The summed E-state index contributed by atoms with van der Waals surface area (Å²) < 4.78 is 13.6. The van der Waals surface area contributed by atoms with Gasteiger partial charge in [-0.25, -0.2) is 0 Å². The minimum absolute atomic E-state index is 0.0153. The molecular weight excluding hydrogens is 412 g/mol. The molecule has 0 saturated carbocycles. The fraction of sp³-hybridized carbons (Fsp3) is 0.348. The number of hydrogen-bond acceptors (Lipinski definition) is 6. The number of amides is 1. The number of para-hydroxylation sites is 1. The van der Waals surface area contributed by atoms with Gasteiger partial charge < -0.3 is 14.8 Å². The van der Waals surface area contributed by atoms with E-state index in [1.54, 1.807) is 0 Å². The van der Waals surface area contributed by atoms with E-state index in [2.05, 4.69) is 29.4 Å². The molecule has 2 aromatic carbocycles. The van der Waals surface area contributed by atoms with E-state index in [0.717, 1.165) is 23.4 Å². The number of benzene rings is 2. The molecule has 4 rings (SSSR count). The third kappa shape index (κ3) is 5.19. The van der Waals surface area contributed by atoms with Crippen LogP contribution in [0.5, 0.6) is 11.5 Å². The van der Waals surface area contributed by atoms with Crippen LogP contribution in [0.2, 0.25) is 0 Å². The summed E-state index contributed by atoms with van der Waals surface area (Å²) in [6.45, 7) is 6.07. The summed E-state index contributed by atoms with van der Waals surface area (Å²) in [5.74, 6) is 2.81. The first kappa shape index (κ1) is 21.2. The van der Waals surface area contributed by atoms with Crippen molar-refractivity contribution in [2.24, 2.45) is 5.92 Å². The average molecular weight is 439 g/mol. The van der Waals surface area contributed by atoms with Crippen LogP contribution < -0.4 is 14.8 Å². The Morgan fingerprint density at radius 3 is 2.65 bits per heavy atom. The molecule has 1 aromatic heterocycles. The number of carbonyl (C=O) groups is 1. The monoisotopic (exact) mass is 438 g/mol. The number of rotatable bonds is 7. The van der Waals surface area contributed by atoms with Crippen LogP contribution in [0.1, 0.15) is 20.3 Å². The lowest BCUT2D eigenvalue weighted by molar-refractivity contribution is -0.118. The van der Waals surface area contributed by atoms with Crippen LogP contribution >= 0.6 is 11.8 Å². The second-order valence-corrected chi connectivity index (χ2v) is 8.62. The highest BCUT2D eigenvalue weighted by atomic mass is 32.2. The number of hydrogen-bond donors (Lipinski definition) is 1. The highest BCUT2D eigenvalue weighted by molar-refractivity contribution is 7.99. The summed E-state index contributed by atoms with van der Waals surface area (Å²) in [6, 6.07) is 15.7. The Labute approximate surface area is 186 Å². The van der Waals surface area contributed by atoms with Crippen molar-refractivity contribution in [1.82, 2.24) is 20.1 Å². The zero-order chi connectivity index (χ0) is 21.6. The summed E-state index contributed by atoms with van der Waals surface area (Å²) in [7, 11) is 0. The second kappa shape index (κ2) is 9.87. The van der Waals surface area contributed by atoms with E-state index in [4.69, 9.17) is 9.47 Å². The maximum absolute atomic E-state index is 12.2. The number of aromatic nitrogens is 3. The number of carbonyl (C=O) groups excluding carboxylic acids is 1. The number of nitrogens with one attached hydrogen (secondary N) is 1. The van der Waals surface area contributed by atoms with Crippen molar-refractivity contribution in [3.63, 3.8) is 0 Å². The van der Waals surface area contributed by atoms with E-state index in [1.807, 2.05) is 53.1 Å². The molecule has 0 saturated heterocycles. The first-order valence-corrected chi connectivity index (χ1v) is 11.4. The van der Waals surface area contributed by atoms with Crippen LogP contribution in [0.4, 0.5) is 0 Å². The Morgan fingerprint density at radius 1 is 1.10 bits per heavy atom. The molecule has 1 amide bonds. The molecule has 0 spiro atoms.